The lowest BCUT2D eigenvalue weighted by Crippen LogP contribution is -3.03. The second-order valence-corrected chi connectivity index (χ2v) is 5.89. The molecule has 0 aromatic heterocycles. The summed E-state index contributed by atoms with van der Waals surface area (Å²) in [4.78, 5) is 1.55. The van der Waals surface area contributed by atoms with Crippen LogP contribution in [0.1, 0.15) is 24.0 Å². The van der Waals surface area contributed by atoms with Gasteiger partial charge in [0.15, 0.2) is 0 Å². The molecule has 0 saturated carbocycles. The number of hydrogen-bond acceptors (Lipinski definition) is 1. The summed E-state index contributed by atoms with van der Waals surface area (Å²) in [6, 6.07) is 19.8. The van der Waals surface area contributed by atoms with E-state index in [1.54, 1.807) is 16.2 Å². The lowest BCUT2D eigenvalue weighted by Gasteiger charge is -2.17. The molecule has 2 aromatic rings. The average Bonchev–Trinajstić information content (AvgIpc) is 2.69. The quantitative estimate of drug-likeness (QED) is 0.765. The predicted octanol–water partition coefficient (Wildman–Crippen LogP) is -0.485. The molecule has 2 aliphatic rings. The summed E-state index contributed by atoms with van der Waals surface area (Å²) in [7, 11) is 0. The van der Waals surface area contributed by atoms with Crippen LogP contribution in [0, 0.1) is 0 Å². The van der Waals surface area contributed by atoms with Crippen LogP contribution in [0.3, 0.4) is 0 Å². The molecule has 22 heavy (non-hydrogen) atoms. The first-order chi connectivity index (χ1) is 10.4. The maximum absolute atomic E-state index is 3.54. The molecule has 2 aromatic carbocycles. The van der Waals surface area contributed by atoms with Gasteiger partial charge < -0.3 is 17.7 Å². The minimum atomic E-state index is 0. The fourth-order valence-corrected chi connectivity index (χ4v) is 3.66. The summed E-state index contributed by atoms with van der Waals surface area (Å²) in [5.41, 5.74) is 7.54. The third kappa shape index (κ3) is 2.70. The zero-order valence-electron chi connectivity index (χ0n) is 12.6. The smallest absolute Gasteiger partial charge is 0.144 e. The average molecular weight is 313 g/mol. The molecule has 0 spiro atoms. The van der Waals surface area contributed by atoms with Gasteiger partial charge in [-0.1, -0.05) is 42.5 Å². The van der Waals surface area contributed by atoms with Crippen molar-refractivity contribution < 1.29 is 17.3 Å². The number of benzene rings is 2. The lowest BCUT2D eigenvalue weighted by molar-refractivity contribution is -0.804. The number of nitrogens with one attached hydrogen (secondary N) is 2. The molecule has 0 bridgehead atoms. The van der Waals surface area contributed by atoms with Gasteiger partial charge in [0.2, 0.25) is 0 Å². The molecule has 0 radical (unpaired) electrons. The van der Waals surface area contributed by atoms with Crippen LogP contribution in [0.2, 0.25) is 0 Å². The number of fused-ring (bicyclic) bond motifs is 2. The lowest BCUT2D eigenvalue weighted by atomic mass is 10.0. The second-order valence-electron chi connectivity index (χ2n) is 5.89. The Morgan fingerprint density at radius 1 is 0.864 bits per heavy atom. The van der Waals surface area contributed by atoms with Crippen molar-refractivity contribution in [3.63, 3.8) is 0 Å². The highest BCUT2D eigenvalue weighted by atomic mass is 35.5. The molecule has 2 heterocycles. The van der Waals surface area contributed by atoms with Crippen LogP contribution in [-0.2, 0) is 6.54 Å². The number of halogens is 1. The first kappa shape index (κ1) is 15.3. The van der Waals surface area contributed by atoms with E-state index < -0.39 is 0 Å². The Balaban J connectivity index is 0.00000144. The Labute approximate surface area is 138 Å². The SMILES string of the molecule is [Cl-].c1ccc(C[NH+]2C3=C(CCNCC3)c3ccccc32)cc1. The molecule has 0 amide bonds. The molecule has 0 aliphatic carbocycles. The highest BCUT2D eigenvalue weighted by molar-refractivity contribution is 5.77. The maximum Gasteiger partial charge on any atom is 0.144 e. The van der Waals surface area contributed by atoms with E-state index in [-0.39, 0.29) is 12.4 Å². The molecule has 0 saturated heterocycles. The highest BCUT2D eigenvalue weighted by Gasteiger charge is 2.34. The molecule has 2 nitrogen and oxygen atoms in total. The van der Waals surface area contributed by atoms with Gasteiger partial charge in [0, 0.05) is 35.7 Å². The normalized spacial score (nSPS) is 19.9. The topological polar surface area (TPSA) is 16.5 Å². The van der Waals surface area contributed by atoms with Crippen molar-refractivity contribution in [2.75, 3.05) is 13.1 Å². The van der Waals surface area contributed by atoms with Crippen LogP contribution in [-0.4, -0.2) is 13.1 Å². The van der Waals surface area contributed by atoms with Gasteiger partial charge in [0.25, 0.3) is 0 Å². The van der Waals surface area contributed by atoms with E-state index in [1.807, 2.05) is 0 Å². The van der Waals surface area contributed by atoms with E-state index >= 15 is 0 Å². The number of hydrogen-bond donors (Lipinski definition) is 2. The van der Waals surface area contributed by atoms with Gasteiger partial charge in [-0.3, -0.25) is 4.90 Å². The minimum absolute atomic E-state index is 0. The molecule has 1 atom stereocenters. The van der Waals surface area contributed by atoms with Crippen LogP contribution in [0.4, 0.5) is 5.69 Å². The zero-order chi connectivity index (χ0) is 14.1. The summed E-state index contributed by atoms with van der Waals surface area (Å²) >= 11 is 0. The van der Waals surface area contributed by atoms with Crippen molar-refractivity contribution in [2.24, 2.45) is 0 Å². The number of para-hydroxylation sites is 1. The van der Waals surface area contributed by atoms with Gasteiger partial charge in [-0.15, -0.1) is 0 Å². The molecule has 114 valence electrons. The Morgan fingerprint density at radius 3 is 2.45 bits per heavy atom. The molecular weight excluding hydrogens is 292 g/mol. The van der Waals surface area contributed by atoms with Crippen molar-refractivity contribution in [3.8, 4) is 0 Å². The summed E-state index contributed by atoms with van der Waals surface area (Å²) in [5.74, 6) is 0. The van der Waals surface area contributed by atoms with Crippen LogP contribution < -0.4 is 22.6 Å². The van der Waals surface area contributed by atoms with Crippen molar-refractivity contribution >= 4 is 11.3 Å². The molecular formula is C19H21ClN2. The van der Waals surface area contributed by atoms with Gasteiger partial charge in [0.1, 0.15) is 17.9 Å². The minimum Gasteiger partial charge on any atom is -1.00 e. The van der Waals surface area contributed by atoms with Crippen molar-refractivity contribution in [1.82, 2.24) is 5.32 Å². The molecule has 2 aliphatic heterocycles. The third-order valence-electron chi connectivity index (χ3n) is 4.63. The van der Waals surface area contributed by atoms with E-state index in [4.69, 9.17) is 0 Å². The Morgan fingerprint density at radius 2 is 1.59 bits per heavy atom. The first-order valence-electron chi connectivity index (χ1n) is 7.86. The van der Waals surface area contributed by atoms with E-state index in [0.29, 0.717) is 0 Å². The van der Waals surface area contributed by atoms with Crippen LogP contribution in [0.5, 0.6) is 0 Å². The first-order valence-corrected chi connectivity index (χ1v) is 7.86. The van der Waals surface area contributed by atoms with E-state index in [1.165, 1.54) is 16.8 Å². The predicted molar refractivity (Wildman–Crippen MR) is 86.2 cm³/mol. The molecule has 0 fully saturated rings. The largest absolute Gasteiger partial charge is 1.00 e. The maximum atomic E-state index is 3.54. The Kier molecular flexibility index (Phi) is 4.63. The summed E-state index contributed by atoms with van der Waals surface area (Å²) in [6.45, 7) is 3.26. The van der Waals surface area contributed by atoms with Gasteiger partial charge >= 0.3 is 0 Å². The van der Waals surface area contributed by atoms with Gasteiger partial charge in [0.05, 0.1) is 0 Å². The molecule has 4 rings (SSSR count). The highest BCUT2D eigenvalue weighted by Crippen LogP contribution is 2.33. The van der Waals surface area contributed by atoms with Gasteiger partial charge in [-0.05, 0) is 19.0 Å². The molecule has 3 heteroatoms. The summed E-state index contributed by atoms with van der Waals surface area (Å²) in [6.07, 6.45) is 2.32. The number of rotatable bonds is 2. The third-order valence-corrected chi connectivity index (χ3v) is 4.63. The fraction of sp³-hybridized carbons (Fsp3) is 0.263. The van der Waals surface area contributed by atoms with Crippen molar-refractivity contribution in [2.45, 2.75) is 19.4 Å². The zero-order valence-corrected chi connectivity index (χ0v) is 13.4. The fourth-order valence-electron chi connectivity index (χ4n) is 3.66. The van der Waals surface area contributed by atoms with E-state index in [0.717, 1.165) is 32.5 Å². The van der Waals surface area contributed by atoms with Crippen molar-refractivity contribution in [3.05, 3.63) is 71.4 Å². The van der Waals surface area contributed by atoms with Gasteiger partial charge in [-0.2, -0.15) is 0 Å². The summed E-state index contributed by atoms with van der Waals surface area (Å²) in [5, 5.41) is 3.54. The van der Waals surface area contributed by atoms with E-state index in [9.17, 15) is 0 Å². The Bertz CT molecular complexity index is 679. The standard InChI is InChI=1S/C19H20N2.ClH/c1-2-6-15(7-3-1)14-21-18-9-5-4-8-16(18)17-10-12-20-13-11-19(17)21;/h1-9,20H,10-14H2;1H. The van der Waals surface area contributed by atoms with Crippen LogP contribution >= 0.6 is 0 Å². The van der Waals surface area contributed by atoms with Crippen LogP contribution in [0.25, 0.3) is 5.57 Å². The number of quaternary nitrogens is 1. The van der Waals surface area contributed by atoms with Crippen molar-refractivity contribution in [1.29, 1.82) is 0 Å². The van der Waals surface area contributed by atoms with E-state index in [2.05, 4.69) is 59.9 Å². The summed E-state index contributed by atoms with van der Waals surface area (Å²) < 4.78 is 0. The van der Waals surface area contributed by atoms with Crippen LogP contribution in [0.15, 0.2) is 60.3 Å². The second kappa shape index (κ2) is 6.66. The van der Waals surface area contributed by atoms with Gasteiger partial charge in [-0.25, -0.2) is 0 Å². The molecule has 1 unspecified atom stereocenters. The molecule has 2 N–H and O–H groups in total. The Hall–Kier alpha value is -1.61. The monoisotopic (exact) mass is 312 g/mol.